The number of nitrogens with one attached hydrogen (secondary N) is 1. The van der Waals surface area contributed by atoms with Crippen LogP contribution in [0.25, 0.3) is 0 Å². The lowest BCUT2D eigenvalue weighted by molar-refractivity contribution is 0.151. The minimum absolute atomic E-state index is 0.792. The highest BCUT2D eigenvalue weighted by Gasteiger charge is 2.33. The molecule has 18 heavy (non-hydrogen) atoms. The largest absolute Gasteiger partial charge is 0.310 e. The van der Waals surface area contributed by atoms with Gasteiger partial charge in [0.15, 0.2) is 0 Å². The lowest BCUT2D eigenvalue weighted by Crippen LogP contribution is -2.52. The maximum absolute atomic E-state index is 3.97. The van der Waals surface area contributed by atoms with Crippen molar-refractivity contribution < 1.29 is 0 Å². The molecule has 1 saturated carbocycles. The summed E-state index contributed by atoms with van der Waals surface area (Å²) in [4.78, 5) is 2.72. The van der Waals surface area contributed by atoms with E-state index < -0.39 is 0 Å². The van der Waals surface area contributed by atoms with Gasteiger partial charge < -0.3 is 10.2 Å². The molecule has 0 aromatic heterocycles. The van der Waals surface area contributed by atoms with Crippen LogP contribution in [0.15, 0.2) is 0 Å². The van der Waals surface area contributed by atoms with Crippen molar-refractivity contribution >= 4 is 0 Å². The van der Waals surface area contributed by atoms with Crippen molar-refractivity contribution in [2.45, 2.75) is 70.4 Å². The quantitative estimate of drug-likeness (QED) is 0.828. The molecule has 104 valence electrons. The molecule has 1 aliphatic carbocycles. The summed E-state index contributed by atoms with van der Waals surface area (Å²) in [6, 6.07) is 1.65. The molecule has 2 heteroatoms. The van der Waals surface area contributed by atoms with Crippen LogP contribution in [-0.2, 0) is 0 Å². The third-order valence-electron chi connectivity index (χ3n) is 5.67. The van der Waals surface area contributed by atoms with Crippen LogP contribution >= 0.6 is 0 Å². The Balaban J connectivity index is 1.46. The van der Waals surface area contributed by atoms with E-state index in [4.69, 9.17) is 0 Å². The first kappa shape index (κ1) is 12.9. The van der Waals surface area contributed by atoms with Crippen LogP contribution in [0.3, 0.4) is 0 Å². The average molecular weight is 250 g/mol. The highest BCUT2D eigenvalue weighted by Crippen LogP contribution is 2.32. The van der Waals surface area contributed by atoms with E-state index in [-0.39, 0.29) is 0 Å². The summed E-state index contributed by atoms with van der Waals surface area (Å²) < 4.78 is 0. The zero-order chi connectivity index (χ0) is 12.4. The van der Waals surface area contributed by atoms with Gasteiger partial charge in [0.1, 0.15) is 0 Å². The smallest absolute Gasteiger partial charge is 0.0197 e. The molecule has 1 N–H and O–H groups in total. The van der Waals surface area contributed by atoms with Crippen molar-refractivity contribution in [3.05, 3.63) is 0 Å². The summed E-state index contributed by atoms with van der Waals surface area (Å²) in [6.07, 6.45) is 11.6. The number of hydrogen-bond donors (Lipinski definition) is 1. The van der Waals surface area contributed by atoms with Crippen LogP contribution in [0.1, 0.15) is 58.3 Å². The Morgan fingerprint density at radius 1 is 1.06 bits per heavy atom. The maximum atomic E-state index is 3.97. The Labute approximate surface area is 113 Å². The number of nitrogens with zero attached hydrogens (tertiary/aromatic N) is 1. The second kappa shape index (κ2) is 5.92. The Kier molecular flexibility index (Phi) is 4.25. The monoisotopic (exact) mass is 250 g/mol. The topological polar surface area (TPSA) is 15.3 Å². The predicted octanol–water partition coefficient (Wildman–Crippen LogP) is 3.03. The predicted molar refractivity (Wildman–Crippen MR) is 76.7 cm³/mol. The van der Waals surface area contributed by atoms with Crippen molar-refractivity contribution in [2.75, 3.05) is 19.6 Å². The third-order valence-corrected chi connectivity index (χ3v) is 5.67. The maximum Gasteiger partial charge on any atom is 0.0197 e. The standard InChI is InChI=1S/C16H30N2/c1-2-13-9-10-18(11-13)12-15-8-7-14-5-3-4-6-16(14)17-15/h13-17H,2-12H2,1H3. The minimum atomic E-state index is 0.792. The first-order valence-corrected chi connectivity index (χ1v) is 8.33. The van der Waals surface area contributed by atoms with Crippen LogP contribution in [-0.4, -0.2) is 36.6 Å². The molecule has 3 fully saturated rings. The van der Waals surface area contributed by atoms with Crippen LogP contribution in [0.2, 0.25) is 0 Å². The van der Waals surface area contributed by atoms with Crippen molar-refractivity contribution in [1.82, 2.24) is 10.2 Å². The number of hydrogen-bond acceptors (Lipinski definition) is 2. The van der Waals surface area contributed by atoms with Gasteiger partial charge in [-0.25, -0.2) is 0 Å². The average Bonchev–Trinajstić information content (AvgIpc) is 2.86. The lowest BCUT2D eigenvalue weighted by atomic mass is 9.78. The first-order chi connectivity index (χ1) is 8.85. The van der Waals surface area contributed by atoms with Gasteiger partial charge in [-0.15, -0.1) is 0 Å². The Hall–Kier alpha value is -0.0800. The number of likely N-dealkylation sites (tertiary alicyclic amines) is 1. The van der Waals surface area contributed by atoms with Crippen LogP contribution < -0.4 is 5.32 Å². The van der Waals surface area contributed by atoms with Gasteiger partial charge in [-0.1, -0.05) is 26.2 Å². The molecule has 0 spiro atoms. The summed E-state index contributed by atoms with van der Waals surface area (Å²) in [5, 5.41) is 3.97. The molecule has 4 unspecified atom stereocenters. The van der Waals surface area contributed by atoms with Crippen LogP contribution in [0.4, 0.5) is 0 Å². The van der Waals surface area contributed by atoms with Gasteiger partial charge in [0, 0.05) is 25.2 Å². The van der Waals surface area contributed by atoms with E-state index in [9.17, 15) is 0 Å². The van der Waals surface area contributed by atoms with Gasteiger partial charge in [0.25, 0.3) is 0 Å². The van der Waals surface area contributed by atoms with E-state index in [1.54, 1.807) is 0 Å². The zero-order valence-electron chi connectivity index (χ0n) is 12.0. The second-order valence-electron chi connectivity index (χ2n) is 6.91. The Morgan fingerprint density at radius 3 is 2.78 bits per heavy atom. The molecule has 0 amide bonds. The number of rotatable bonds is 3. The van der Waals surface area contributed by atoms with Crippen molar-refractivity contribution in [2.24, 2.45) is 11.8 Å². The first-order valence-electron chi connectivity index (χ1n) is 8.33. The molecule has 3 rings (SSSR count). The van der Waals surface area contributed by atoms with E-state index in [1.807, 2.05) is 0 Å². The van der Waals surface area contributed by atoms with E-state index in [0.29, 0.717) is 0 Å². The lowest BCUT2D eigenvalue weighted by Gasteiger charge is -2.41. The minimum Gasteiger partial charge on any atom is -0.310 e. The zero-order valence-corrected chi connectivity index (χ0v) is 12.0. The van der Waals surface area contributed by atoms with Gasteiger partial charge >= 0.3 is 0 Å². The summed E-state index contributed by atoms with van der Waals surface area (Å²) >= 11 is 0. The van der Waals surface area contributed by atoms with Gasteiger partial charge in [-0.3, -0.25) is 0 Å². The molecule has 0 aromatic carbocycles. The molecule has 2 heterocycles. The normalized spacial score (nSPS) is 41.8. The number of piperidine rings is 1. The van der Waals surface area contributed by atoms with Gasteiger partial charge in [-0.05, 0) is 50.5 Å². The molecule has 2 saturated heterocycles. The fraction of sp³-hybridized carbons (Fsp3) is 1.00. The van der Waals surface area contributed by atoms with Crippen molar-refractivity contribution in [1.29, 1.82) is 0 Å². The van der Waals surface area contributed by atoms with E-state index in [1.165, 1.54) is 71.0 Å². The SMILES string of the molecule is CCC1CCN(CC2CCC3CCCCC3N2)C1. The molecular formula is C16H30N2. The van der Waals surface area contributed by atoms with Crippen LogP contribution in [0, 0.1) is 11.8 Å². The molecule has 0 bridgehead atoms. The molecule has 4 atom stereocenters. The number of fused-ring (bicyclic) bond motifs is 1. The fourth-order valence-electron chi connectivity index (χ4n) is 4.44. The summed E-state index contributed by atoms with van der Waals surface area (Å²) in [6.45, 7) is 6.38. The Bertz CT molecular complexity index is 266. The fourth-order valence-corrected chi connectivity index (χ4v) is 4.44. The summed E-state index contributed by atoms with van der Waals surface area (Å²) in [5.74, 6) is 1.99. The highest BCUT2D eigenvalue weighted by molar-refractivity contribution is 4.91. The summed E-state index contributed by atoms with van der Waals surface area (Å²) in [7, 11) is 0. The van der Waals surface area contributed by atoms with E-state index in [2.05, 4.69) is 17.1 Å². The van der Waals surface area contributed by atoms with E-state index in [0.717, 1.165) is 23.9 Å². The molecule has 0 aromatic rings. The van der Waals surface area contributed by atoms with E-state index >= 15 is 0 Å². The summed E-state index contributed by atoms with van der Waals surface area (Å²) in [5.41, 5.74) is 0. The van der Waals surface area contributed by atoms with Gasteiger partial charge in [0.05, 0.1) is 0 Å². The molecule has 2 nitrogen and oxygen atoms in total. The molecule has 3 aliphatic rings. The highest BCUT2D eigenvalue weighted by atomic mass is 15.2. The molecule has 0 radical (unpaired) electrons. The van der Waals surface area contributed by atoms with Crippen molar-refractivity contribution in [3.8, 4) is 0 Å². The van der Waals surface area contributed by atoms with Gasteiger partial charge in [0.2, 0.25) is 0 Å². The molecular weight excluding hydrogens is 220 g/mol. The third kappa shape index (κ3) is 2.91. The van der Waals surface area contributed by atoms with Gasteiger partial charge in [-0.2, -0.15) is 0 Å². The second-order valence-corrected chi connectivity index (χ2v) is 6.91. The van der Waals surface area contributed by atoms with Crippen LogP contribution in [0.5, 0.6) is 0 Å². The molecule has 2 aliphatic heterocycles. The Morgan fingerprint density at radius 2 is 1.94 bits per heavy atom. The van der Waals surface area contributed by atoms with Crippen molar-refractivity contribution in [3.63, 3.8) is 0 Å².